The van der Waals surface area contributed by atoms with Gasteiger partial charge in [-0.2, -0.15) is 0 Å². The molecule has 10 heavy (non-hydrogen) atoms. The Hall–Kier alpha value is -0.810. The molecule has 0 aliphatic carbocycles. The lowest BCUT2D eigenvalue weighted by Gasteiger charge is -2.11. The number of aliphatic hydroxyl groups excluding tert-OH is 2. The van der Waals surface area contributed by atoms with Crippen molar-refractivity contribution in [2.45, 2.75) is 6.04 Å². The van der Waals surface area contributed by atoms with Gasteiger partial charge in [0.2, 0.25) is 0 Å². The van der Waals surface area contributed by atoms with Crippen LogP contribution in [-0.4, -0.2) is 42.5 Å². The molecule has 60 valence electrons. The average molecular weight is 148 g/mol. The molecule has 5 heteroatoms. The SMILES string of the molecule is CNC(=O)NC(CO)CO. The van der Waals surface area contributed by atoms with E-state index in [1.165, 1.54) is 7.05 Å². The van der Waals surface area contributed by atoms with Gasteiger partial charge in [0.05, 0.1) is 19.3 Å². The Kier molecular flexibility index (Phi) is 4.61. The van der Waals surface area contributed by atoms with Crippen molar-refractivity contribution in [1.29, 1.82) is 0 Å². The topological polar surface area (TPSA) is 81.6 Å². The average Bonchev–Trinajstić information content (AvgIpc) is 1.99. The Labute approximate surface area is 59.0 Å². The molecule has 0 heterocycles. The molecular weight excluding hydrogens is 136 g/mol. The standard InChI is InChI=1S/C5H12N2O3/c1-6-5(10)7-4(2-8)3-9/h4,8-9H,2-3H2,1H3,(H2,6,7,10). The zero-order valence-corrected chi connectivity index (χ0v) is 5.79. The van der Waals surface area contributed by atoms with Crippen molar-refractivity contribution < 1.29 is 15.0 Å². The first-order chi connectivity index (χ1) is 4.74. The summed E-state index contributed by atoms with van der Waals surface area (Å²) in [7, 11) is 1.46. The van der Waals surface area contributed by atoms with E-state index in [9.17, 15) is 4.79 Å². The number of aliphatic hydroxyl groups is 2. The Morgan fingerprint density at radius 2 is 2.00 bits per heavy atom. The minimum Gasteiger partial charge on any atom is -0.394 e. The highest BCUT2D eigenvalue weighted by atomic mass is 16.3. The molecule has 0 saturated heterocycles. The molecule has 0 unspecified atom stereocenters. The van der Waals surface area contributed by atoms with E-state index in [1.54, 1.807) is 0 Å². The van der Waals surface area contributed by atoms with Gasteiger partial charge in [0.1, 0.15) is 0 Å². The zero-order chi connectivity index (χ0) is 7.98. The highest BCUT2D eigenvalue weighted by molar-refractivity contribution is 5.73. The fraction of sp³-hybridized carbons (Fsp3) is 0.800. The number of urea groups is 1. The lowest BCUT2D eigenvalue weighted by Crippen LogP contribution is -2.44. The minimum absolute atomic E-state index is 0.260. The summed E-state index contributed by atoms with van der Waals surface area (Å²) in [5, 5.41) is 21.5. The second-order valence-electron chi connectivity index (χ2n) is 1.79. The highest BCUT2D eigenvalue weighted by Gasteiger charge is 2.06. The summed E-state index contributed by atoms with van der Waals surface area (Å²) < 4.78 is 0. The molecule has 0 saturated carbocycles. The van der Waals surface area contributed by atoms with Gasteiger partial charge in [-0.05, 0) is 0 Å². The maximum atomic E-state index is 10.5. The zero-order valence-electron chi connectivity index (χ0n) is 5.79. The second-order valence-corrected chi connectivity index (χ2v) is 1.79. The van der Waals surface area contributed by atoms with E-state index in [-0.39, 0.29) is 13.2 Å². The Bertz CT molecular complexity index is 103. The van der Waals surface area contributed by atoms with Crippen molar-refractivity contribution in [3.8, 4) is 0 Å². The third kappa shape index (κ3) is 3.26. The molecule has 0 aromatic carbocycles. The molecule has 0 radical (unpaired) electrons. The van der Waals surface area contributed by atoms with Gasteiger partial charge in [0.25, 0.3) is 0 Å². The van der Waals surface area contributed by atoms with Crippen LogP contribution in [0.5, 0.6) is 0 Å². The number of rotatable bonds is 3. The van der Waals surface area contributed by atoms with Crippen LogP contribution in [0.4, 0.5) is 4.79 Å². The molecule has 2 amide bonds. The third-order valence-corrected chi connectivity index (χ3v) is 1.00. The van der Waals surface area contributed by atoms with Gasteiger partial charge in [0.15, 0.2) is 0 Å². The summed E-state index contributed by atoms with van der Waals surface area (Å²) in [4.78, 5) is 10.5. The Morgan fingerprint density at radius 1 is 1.50 bits per heavy atom. The van der Waals surface area contributed by atoms with Crippen molar-refractivity contribution >= 4 is 6.03 Å². The first-order valence-electron chi connectivity index (χ1n) is 2.94. The molecule has 4 N–H and O–H groups in total. The molecule has 0 fully saturated rings. The number of hydrogen-bond donors (Lipinski definition) is 4. The Balaban J connectivity index is 3.52. The number of hydrogen-bond acceptors (Lipinski definition) is 3. The minimum atomic E-state index is -0.569. The summed E-state index contributed by atoms with van der Waals surface area (Å²) in [6.07, 6.45) is 0. The summed E-state index contributed by atoms with van der Waals surface area (Å²) in [6.45, 7) is -0.520. The molecule has 5 nitrogen and oxygen atoms in total. The van der Waals surface area contributed by atoms with E-state index in [4.69, 9.17) is 10.2 Å². The number of carbonyl (C=O) groups is 1. The van der Waals surface area contributed by atoms with Gasteiger partial charge in [-0.1, -0.05) is 0 Å². The number of amides is 2. The summed E-state index contributed by atoms with van der Waals surface area (Å²) >= 11 is 0. The summed E-state index contributed by atoms with van der Waals surface area (Å²) in [5.74, 6) is 0. The van der Waals surface area contributed by atoms with Crippen LogP contribution in [0.3, 0.4) is 0 Å². The van der Waals surface area contributed by atoms with Gasteiger partial charge in [0, 0.05) is 7.05 Å². The first kappa shape index (κ1) is 9.19. The van der Waals surface area contributed by atoms with Gasteiger partial charge in [-0.25, -0.2) is 4.79 Å². The maximum absolute atomic E-state index is 10.5. The third-order valence-electron chi connectivity index (χ3n) is 1.00. The number of carbonyl (C=O) groups excluding carboxylic acids is 1. The predicted octanol–water partition coefficient (Wildman–Crippen LogP) is -1.73. The van der Waals surface area contributed by atoms with Crippen LogP contribution < -0.4 is 10.6 Å². The maximum Gasteiger partial charge on any atom is 0.314 e. The van der Waals surface area contributed by atoms with E-state index < -0.39 is 12.1 Å². The van der Waals surface area contributed by atoms with Crippen LogP contribution in [0.25, 0.3) is 0 Å². The normalized spacial score (nSPS) is 9.60. The van der Waals surface area contributed by atoms with Crippen LogP contribution in [0.15, 0.2) is 0 Å². The van der Waals surface area contributed by atoms with Crippen molar-refractivity contribution in [3.63, 3.8) is 0 Å². The molecule has 0 aromatic heterocycles. The summed E-state index contributed by atoms with van der Waals surface area (Å²) in [5.41, 5.74) is 0. The van der Waals surface area contributed by atoms with E-state index in [2.05, 4.69) is 10.6 Å². The van der Waals surface area contributed by atoms with E-state index in [0.29, 0.717) is 0 Å². The number of nitrogens with one attached hydrogen (secondary N) is 2. The second kappa shape index (κ2) is 5.01. The van der Waals surface area contributed by atoms with Gasteiger partial charge in [-0.3, -0.25) is 0 Å². The molecule has 0 rings (SSSR count). The fourth-order valence-electron chi connectivity index (χ4n) is 0.407. The van der Waals surface area contributed by atoms with Crippen LogP contribution in [0, 0.1) is 0 Å². The fourth-order valence-corrected chi connectivity index (χ4v) is 0.407. The van der Waals surface area contributed by atoms with E-state index >= 15 is 0 Å². The molecular formula is C5H12N2O3. The van der Waals surface area contributed by atoms with Gasteiger partial charge in [-0.15, -0.1) is 0 Å². The summed E-state index contributed by atoms with van der Waals surface area (Å²) in [6, 6.07) is -0.979. The van der Waals surface area contributed by atoms with Crippen molar-refractivity contribution in [2.24, 2.45) is 0 Å². The van der Waals surface area contributed by atoms with Crippen molar-refractivity contribution in [2.75, 3.05) is 20.3 Å². The van der Waals surface area contributed by atoms with Crippen molar-refractivity contribution in [1.82, 2.24) is 10.6 Å². The van der Waals surface area contributed by atoms with E-state index in [0.717, 1.165) is 0 Å². The van der Waals surface area contributed by atoms with Crippen LogP contribution in [0.2, 0.25) is 0 Å². The van der Waals surface area contributed by atoms with Crippen LogP contribution in [0.1, 0.15) is 0 Å². The molecule has 0 aromatic rings. The smallest absolute Gasteiger partial charge is 0.314 e. The highest BCUT2D eigenvalue weighted by Crippen LogP contribution is 1.77. The molecule has 0 bridgehead atoms. The molecule has 0 aliphatic heterocycles. The van der Waals surface area contributed by atoms with Gasteiger partial charge < -0.3 is 20.8 Å². The lowest BCUT2D eigenvalue weighted by atomic mass is 10.3. The molecule has 0 aliphatic rings. The Morgan fingerprint density at radius 3 is 2.30 bits per heavy atom. The van der Waals surface area contributed by atoms with Gasteiger partial charge >= 0.3 is 6.03 Å². The van der Waals surface area contributed by atoms with Crippen molar-refractivity contribution in [3.05, 3.63) is 0 Å². The molecule has 0 atom stereocenters. The van der Waals surface area contributed by atoms with E-state index in [1.807, 2.05) is 0 Å². The van der Waals surface area contributed by atoms with Crippen LogP contribution >= 0.6 is 0 Å². The first-order valence-corrected chi connectivity index (χ1v) is 2.94. The van der Waals surface area contributed by atoms with Crippen LogP contribution in [-0.2, 0) is 0 Å². The largest absolute Gasteiger partial charge is 0.394 e. The predicted molar refractivity (Wildman–Crippen MR) is 35.6 cm³/mol. The monoisotopic (exact) mass is 148 g/mol. The quantitative estimate of drug-likeness (QED) is 0.384. The molecule has 0 spiro atoms. The lowest BCUT2D eigenvalue weighted by molar-refractivity contribution is 0.169.